The van der Waals surface area contributed by atoms with Crippen LogP contribution in [0.3, 0.4) is 0 Å². The monoisotopic (exact) mass is 308 g/mol. The summed E-state index contributed by atoms with van der Waals surface area (Å²) in [6.07, 6.45) is 1.62. The van der Waals surface area contributed by atoms with E-state index in [1.54, 1.807) is 6.20 Å². The molecule has 0 aliphatic rings. The molecule has 0 aliphatic heterocycles. The zero-order valence-corrected chi connectivity index (χ0v) is 14.2. The summed E-state index contributed by atoms with van der Waals surface area (Å²) in [6, 6.07) is 19.7. The lowest BCUT2D eigenvalue weighted by Gasteiger charge is -2.08. The number of hydrogen-bond acceptors (Lipinski definition) is 2. The Hall–Kier alpha value is -2.68. The average Bonchev–Trinajstić information content (AvgIpc) is 2.66. The van der Waals surface area contributed by atoms with E-state index in [1.807, 2.05) is 88.4 Å². The number of nitrogens with zero attached hydrogens (tertiary/aromatic N) is 1. The first-order chi connectivity index (χ1) is 11.3. The third kappa shape index (κ3) is 4.92. The Morgan fingerprint density at radius 1 is 0.739 bits per heavy atom. The van der Waals surface area contributed by atoms with Gasteiger partial charge in [0, 0.05) is 11.8 Å². The lowest BCUT2D eigenvalue weighted by atomic mass is 10.0. The highest BCUT2D eigenvalue weighted by Crippen LogP contribution is 2.28. The average molecular weight is 308 g/mol. The smallest absolute Gasteiger partial charge is 0.305 e. The van der Waals surface area contributed by atoms with Crippen molar-refractivity contribution in [3.8, 4) is 22.4 Å². The van der Waals surface area contributed by atoms with Gasteiger partial charge in [-0.05, 0) is 11.1 Å². The van der Waals surface area contributed by atoms with Crippen LogP contribution in [0, 0.1) is 0 Å². The van der Waals surface area contributed by atoms with E-state index in [9.17, 15) is 4.79 Å². The van der Waals surface area contributed by atoms with Crippen molar-refractivity contribution in [1.29, 1.82) is 0 Å². The number of rotatable bonds is 2. The third-order valence-electron chi connectivity index (χ3n) is 2.96. The Kier molecular flexibility index (Phi) is 8.08. The highest BCUT2D eigenvalue weighted by Gasteiger charge is 2.08. The van der Waals surface area contributed by atoms with Crippen molar-refractivity contribution in [2.75, 3.05) is 0 Å². The summed E-state index contributed by atoms with van der Waals surface area (Å²) in [4.78, 5) is 18.1. The van der Waals surface area contributed by atoms with Gasteiger partial charge >= 0.3 is 5.69 Å². The Morgan fingerprint density at radius 3 is 1.74 bits per heavy atom. The zero-order valence-electron chi connectivity index (χ0n) is 14.2. The van der Waals surface area contributed by atoms with E-state index in [0.717, 1.165) is 22.4 Å². The van der Waals surface area contributed by atoms with Crippen LogP contribution in [-0.2, 0) is 0 Å². The molecule has 3 heteroatoms. The first kappa shape index (κ1) is 18.4. The summed E-state index contributed by atoms with van der Waals surface area (Å²) in [7, 11) is 0. The quantitative estimate of drug-likeness (QED) is 0.711. The molecule has 0 radical (unpaired) electrons. The van der Waals surface area contributed by atoms with Crippen LogP contribution in [0.2, 0.25) is 0 Å². The predicted octanol–water partition coefficient (Wildman–Crippen LogP) is 5.16. The largest absolute Gasteiger partial charge is 0.345 e. The highest BCUT2D eigenvalue weighted by molar-refractivity contribution is 5.79. The van der Waals surface area contributed by atoms with Gasteiger partial charge in [-0.25, -0.2) is 9.78 Å². The molecular weight excluding hydrogens is 284 g/mol. The molecule has 0 saturated carbocycles. The molecule has 2 aromatic carbocycles. The van der Waals surface area contributed by atoms with Gasteiger partial charge in [-0.3, -0.25) is 0 Å². The van der Waals surface area contributed by atoms with Gasteiger partial charge in [-0.1, -0.05) is 88.4 Å². The van der Waals surface area contributed by atoms with Crippen molar-refractivity contribution >= 4 is 0 Å². The minimum absolute atomic E-state index is 0.335. The maximum atomic E-state index is 11.5. The van der Waals surface area contributed by atoms with E-state index in [4.69, 9.17) is 0 Å². The zero-order chi connectivity index (χ0) is 17.1. The van der Waals surface area contributed by atoms with Crippen LogP contribution >= 0.6 is 0 Å². The fraction of sp³-hybridized carbons (Fsp3) is 0.200. The molecule has 23 heavy (non-hydrogen) atoms. The van der Waals surface area contributed by atoms with E-state index in [2.05, 4.69) is 9.97 Å². The fourth-order valence-electron chi connectivity index (χ4n) is 2.06. The SMILES string of the molecule is CC.CC.O=c1ncc(-c2ccccc2)c(-c2ccccc2)[nH]1. The first-order valence-corrected chi connectivity index (χ1v) is 8.05. The fourth-order valence-corrected chi connectivity index (χ4v) is 2.06. The first-order valence-electron chi connectivity index (χ1n) is 8.05. The van der Waals surface area contributed by atoms with E-state index >= 15 is 0 Å². The maximum absolute atomic E-state index is 11.5. The Balaban J connectivity index is 0.000000615. The van der Waals surface area contributed by atoms with Crippen LogP contribution in [-0.4, -0.2) is 9.97 Å². The molecule has 0 unspecified atom stereocenters. The number of aromatic amines is 1. The Bertz CT molecular complexity index is 734. The van der Waals surface area contributed by atoms with Gasteiger partial charge < -0.3 is 4.98 Å². The van der Waals surface area contributed by atoms with Crippen molar-refractivity contribution in [3.63, 3.8) is 0 Å². The minimum Gasteiger partial charge on any atom is -0.305 e. The second-order valence-corrected chi connectivity index (χ2v) is 4.21. The van der Waals surface area contributed by atoms with Crippen molar-refractivity contribution < 1.29 is 0 Å². The van der Waals surface area contributed by atoms with Gasteiger partial charge in [-0.2, -0.15) is 0 Å². The molecule has 0 amide bonds. The molecule has 3 rings (SSSR count). The molecule has 0 fully saturated rings. The van der Waals surface area contributed by atoms with E-state index in [1.165, 1.54) is 0 Å². The van der Waals surface area contributed by atoms with Crippen LogP contribution in [0.4, 0.5) is 0 Å². The van der Waals surface area contributed by atoms with Crippen LogP contribution in [0.25, 0.3) is 22.4 Å². The van der Waals surface area contributed by atoms with E-state index in [0.29, 0.717) is 0 Å². The Labute approximate surface area is 138 Å². The van der Waals surface area contributed by atoms with Gasteiger partial charge in [-0.15, -0.1) is 0 Å². The maximum Gasteiger partial charge on any atom is 0.345 e. The molecule has 3 nitrogen and oxygen atoms in total. The van der Waals surface area contributed by atoms with Crippen LogP contribution < -0.4 is 5.69 Å². The molecule has 120 valence electrons. The third-order valence-corrected chi connectivity index (χ3v) is 2.96. The minimum atomic E-state index is -0.335. The van der Waals surface area contributed by atoms with Crippen molar-refractivity contribution in [1.82, 2.24) is 9.97 Å². The molecule has 0 aliphatic carbocycles. The Morgan fingerprint density at radius 2 is 1.22 bits per heavy atom. The van der Waals surface area contributed by atoms with Crippen molar-refractivity contribution in [2.24, 2.45) is 0 Å². The van der Waals surface area contributed by atoms with Gasteiger partial charge in [0.2, 0.25) is 0 Å². The van der Waals surface area contributed by atoms with Gasteiger partial charge in [0.1, 0.15) is 0 Å². The number of hydrogen-bond donors (Lipinski definition) is 1. The molecular formula is C20H24N2O. The summed E-state index contributed by atoms with van der Waals surface area (Å²) in [5.41, 5.74) is 3.39. The summed E-state index contributed by atoms with van der Waals surface area (Å²) >= 11 is 0. The van der Waals surface area contributed by atoms with Crippen molar-refractivity contribution in [2.45, 2.75) is 27.7 Å². The molecule has 0 bridgehead atoms. The normalized spacial score (nSPS) is 9.04. The van der Waals surface area contributed by atoms with Gasteiger partial charge in [0.15, 0.2) is 0 Å². The second-order valence-electron chi connectivity index (χ2n) is 4.21. The van der Waals surface area contributed by atoms with E-state index in [-0.39, 0.29) is 5.69 Å². The number of benzene rings is 2. The molecule has 1 heterocycles. The van der Waals surface area contributed by atoms with Crippen LogP contribution in [0.5, 0.6) is 0 Å². The van der Waals surface area contributed by atoms with Gasteiger partial charge in [0.05, 0.1) is 5.69 Å². The van der Waals surface area contributed by atoms with E-state index < -0.39 is 0 Å². The molecule has 0 atom stereocenters. The van der Waals surface area contributed by atoms with Crippen molar-refractivity contribution in [3.05, 3.63) is 77.3 Å². The number of nitrogens with one attached hydrogen (secondary N) is 1. The van der Waals surface area contributed by atoms with Crippen LogP contribution in [0.15, 0.2) is 71.7 Å². The molecule has 0 spiro atoms. The summed E-state index contributed by atoms with van der Waals surface area (Å²) < 4.78 is 0. The highest BCUT2D eigenvalue weighted by atomic mass is 16.1. The summed E-state index contributed by atoms with van der Waals surface area (Å²) in [5, 5.41) is 0. The van der Waals surface area contributed by atoms with Crippen LogP contribution in [0.1, 0.15) is 27.7 Å². The molecule has 0 saturated heterocycles. The summed E-state index contributed by atoms with van der Waals surface area (Å²) in [5.74, 6) is 0. The topological polar surface area (TPSA) is 45.8 Å². The molecule has 3 aromatic rings. The molecule has 1 N–H and O–H groups in total. The summed E-state index contributed by atoms with van der Waals surface area (Å²) in [6.45, 7) is 8.00. The predicted molar refractivity (Wildman–Crippen MR) is 98.4 cm³/mol. The second kappa shape index (κ2) is 10.1. The number of aromatic nitrogens is 2. The number of H-pyrrole nitrogens is 1. The lowest BCUT2D eigenvalue weighted by molar-refractivity contribution is 1.08. The molecule has 1 aromatic heterocycles. The van der Waals surface area contributed by atoms with Gasteiger partial charge in [0.25, 0.3) is 0 Å². The standard InChI is InChI=1S/C16H12N2O.2C2H6/c19-16-17-11-14(12-7-3-1-4-8-12)15(18-16)13-9-5-2-6-10-13;2*1-2/h1-11H,(H,17,18,19);2*1-2H3. The lowest BCUT2D eigenvalue weighted by Crippen LogP contribution is -2.11.